The number of carbonyl (C=O) groups is 1. The molecule has 31 heavy (non-hydrogen) atoms. The highest BCUT2D eigenvalue weighted by atomic mass is 16.6. The van der Waals surface area contributed by atoms with Gasteiger partial charge in [-0.1, -0.05) is 6.92 Å². The van der Waals surface area contributed by atoms with Gasteiger partial charge in [0.25, 0.3) is 5.69 Å². The fourth-order valence-electron chi connectivity index (χ4n) is 3.67. The number of non-ortho nitro benzene ring substituents is 1. The van der Waals surface area contributed by atoms with Crippen molar-refractivity contribution in [3.8, 4) is 5.75 Å². The van der Waals surface area contributed by atoms with Gasteiger partial charge in [0.1, 0.15) is 5.75 Å². The smallest absolute Gasteiger partial charge is 0.271 e. The van der Waals surface area contributed by atoms with Crippen molar-refractivity contribution in [3.63, 3.8) is 0 Å². The lowest BCUT2D eigenvalue weighted by atomic mass is 10.1. The molecular formula is C22H23N5O4. The number of anilines is 1. The molecule has 0 N–H and O–H groups in total. The summed E-state index contributed by atoms with van der Waals surface area (Å²) in [6.45, 7) is 6.28. The number of nitrogens with zero attached hydrogens (tertiary/aromatic N) is 5. The number of nitro groups is 1. The Morgan fingerprint density at radius 1 is 1.06 bits per heavy atom. The van der Waals surface area contributed by atoms with Crippen LogP contribution in [0, 0.1) is 10.1 Å². The topological polar surface area (TPSA) is 102 Å². The van der Waals surface area contributed by atoms with Gasteiger partial charge in [0.2, 0.25) is 5.78 Å². The molecule has 1 saturated heterocycles. The van der Waals surface area contributed by atoms with Crippen LogP contribution in [-0.2, 0) is 0 Å². The van der Waals surface area contributed by atoms with Crippen molar-refractivity contribution in [3.05, 3.63) is 63.8 Å². The summed E-state index contributed by atoms with van der Waals surface area (Å²) < 4.78 is 5.17. The molecule has 0 atom stereocenters. The van der Waals surface area contributed by atoms with Gasteiger partial charge < -0.3 is 14.5 Å². The molecule has 9 nitrogen and oxygen atoms in total. The Hall–Kier alpha value is -3.59. The molecule has 0 radical (unpaired) electrons. The van der Waals surface area contributed by atoms with E-state index in [4.69, 9.17) is 9.72 Å². The maximum Gasteiger partial charge on any atom is 0.271 e. The van der Waals surface area contributed by atoms with Gasteiger partial charge in [0, 0.05) is 43.9 Å². The Balaban J connectivity index is 1.80. The van der Waals surface area contributed by atoms with E-state index in [0.29, 0.717) is 28.2 Å². The minimum absolute atomic E-state index is 0.0889. The third-order valence-electron chi connectivity index (χ3n) is 5.53. The average molecular weight is 421 g/mol. The van der Waals surface area contributed by atoms with Crippen LogP contribution in [-0.4, -0.2) is 65.4 Å². The highest BCUT2D eigenvalue weighted by molar-refractivity contribution is 6.11. The summed E-state index contributed by atoms with van der Waals surface area (Å²) in [7, 11) is 1.56. The van der Waals surface area contributed by atoms with Crippen molar-refractivity contribution in [2.24, 2.45) is 0 Å². The number of aromatic nitrogens is 2. The second-order valence-corrected chi connectivity index (χ2v) is 7.30. The minimum atomic E-state index is -0.482. The van der Waals surface area contributed by atoms with Crippen molar-refractivity contribution in [1.82, 2.24) is 14.9 Å². The van der Waals surface area contributed by atoms with Crippen molar-refractivity contribution in [1.29, 1.82) is 0 Å². The Kier molecular flexibility index (Phi) is 5.77. The van der Waals surface area contributed by atoms with Crippen LogP contribution in [0.2, 0.25) is 0 Å². The molecule has 1 aromatic heterocycles. The molecule has 4 rings (SSSR count). The molecule has 9 heteroatoms. The van der Waals surface area contributed by atoms with E-state index in [9.17, 15) is 14.9 Å². The molecule has 0 saturated carbocycles. The number of piperazine rings is 1. The number of hydrogen-bond donors (Lipinski definition) is 0. The van der Waals surface area contributed by atoms with E-state index in [0.717, 1.165) is 32.7 Å². The van der Waals surface area contributed by atoms with Crippen LogP contribution < -0.4 is 9.64 Å². The summed E-state index contributed by atoms with van der Waals surface area (Å²) in [5, 5.41) is 11.2. The Bertz CT molecular complexity index is 1120. The zero-order valence-electron chi connectivity index (χ0n) is 17.4. The van der Waals surface area contributed by atoms with Gasteiger partial charge in [-0.15, -0.1) is 0 Å². The quantitative estimate of drug-likeness (QED) is 0.340. The third-order valence-corrected chi connectivity index (χ3v) is 5.53. The lowest BCUT2D eigenvalue weighted by Gasteiger charge is -2.35. The molecule has 0 amide bonds. The summed E-state index contributed by atoms with van der Waals surface area (Å²) in [5.41, 5.74) is 1.40. The first-order chi connectivity index (χ1) is 15.0. The predicted molar refractivity (Wildman–Crippen MR) is 117 cm³/mol. The van der Waals surface area contributed by atoms with E-state index in [2.05, 4.69) is 21.7 Å². The SMILES string of the molecule is CCN1CCN(c2nc3ccc([N+](=O)[O-])cc3nc2C(=O)c2ccc(OC)cc2)CC1. The molecule has 0 unspecified atom stereocenters. The van der Waals surface area contributed by atoms with E-state index in [1.165, 1.54) is 12.1 Å². The number of benzene rings is 2. The van der Waals surface area contributed by atoms with E-state index in [1.54, 1.807) is 37.4 Å². The molecule has 160 valence electrons. The second-order valence-electron chi connectivity index (χ2n) is 7.30. The van der Waals surface area contributed by atoms with Crippen LogP contribution in [0.1, 0.15) is 23.0 Å². The third kappa shape index (κ3) is 4.17. The van der Waals surface area contributed by atoms with Gasteiger partial charge in [-0.2, -0.15) is 0 Å². The van der Waals surface area contributed by atoms with Gasteiger partial charge in [0.15, 0.2) is 11.5 Å². The molecule has 0 bridgehead atoms. The highest BCUT2D eigenvalue weighted by Crippen LogP contribution is 2.27. The van der Waals surface area contributed by atoms with E-state index in [-0.39, 0.29) is 17.2 Å². The fraction of sp³-hybridized carbons (Fsp3) is 0.318. The normalized spacial score (nSPS) is 14.6. The summed E-state index contributed by atoms with van der Waals surface area (Å²) in [6, 6.07) is 11.1. The van der Waals surface area contributed by atoms with Crippen LogP contribution in [0.3, 0.4) is 0 Å². The Morgan fingerprint density at radius 3 is 2.39 bits per heavy atom. The van der Waals surface area contributed by atoms with Crippen LogP contribution in [0.5, 0.6) is 5.75 Å². The molecule has 1 fully saturated rings. The summed E-state index contributed by atoms with van der Waals surface area (Å²) in [4.78, 5) is 37.7. The number of likely N-dealkylation sites (N-methyl/N-ethyl adjacent to an activating group) is 1. The lowest BCUT2D eigenvalue weighted by molar-refractivity contribution is -0.384. The predicted octanol–water partition coefficient (Wildman–Crippen LogP) is 2.92. The fourth-order valence-corrected chi connectivity index (χ4v) is 3.67. The number of nitro benzene ring substituents is 1. The van der Waals surface area contributed by atoms with Crippen molar-refractivity contribution in [2.75, 3.05) is 44.7 Å². The Morgan fingerprint density at radius 2 is 1.77 bits per heavy atom. The summed E-state index contributed by atoms with van der Waals surface area (Å²) >= 11 is 0. The minimum Gasteiger partial charge on any atom is -0.497 e. The first kappa shape index (κ1) is 20.7. The van der Waals surface area contributed by atoms with Crippen molar-refractivity contribution >= 4 is 28.3 Å². The van der Waals surface area contributed by atoms with Crippen molar-refractivity contribution < 1.29 is 14.5 Å². The number of fused-ring (bicyclic) bond motifs is 1. The lowest BCUT2D eigenvalue weighted by Crippen LogP contribution is -2.47. The highest BCUT2D eigenvalue weighted by Gasteiger charge is 2.25. The van der Waals surface area contributed by atoms with E-state index >= 15 is 0 Å². The number of ketones is 1. The number of hydrogen-bond acceptors (Lipinski definition) is 8. The molecule has 0 aliphatic carbocycles. The standard InChI is InChI=1S/C22H23N5O4/c1-3-25-10-12-26(13-11-25)22-20(21(28)15-4-7-17(31-2)8-5-15)23-19-14-16(27(29)30)6-9-18(19)24-22/h4-9,14H,3,10-13H2,1-2H3. The van der Waals surface area contributed by atoms with Crippen LogP contribution >= 0.6 is 0 Å². The average Bonchev–Trinajstić information content (AvgIpc) is 2.82. The number of ether oxygens (including phenoxy) is 1. The van der Waals surface area contributed by atoms with Crippen LogP contribution in [0.15, 0.2) is 42.5 Å². The first-order valence-corrected chi connectivity index (χ1v) is 10.1. The molecule has 2 aromatic carbocycles. The number of methoxy groups -OCH3 is 1. The monoisotopic (exact) mass is 421 g/mol. The van der Waals surface area contributed by atoms with Crippen LogP contribution in [0.4, 0.5) is 11.5 Å². The maximum absolute atomic E-state index is 13.4. The van der Waals surface area contributed by atoms with Crippen molar-refractivity contribution in [2.45, 2.75) is 6.92 Å². The molecule has 1 aliphatic rings. The molecule has 3 aromatic rings. The zero-order valence-corrected chi connectivity index (χ0v) is 17.4. The second kappa shape index (κ2) is 8.65. The zero-order chi connectivity index (χ0) is 22.0. The Labute approximate surface area is 179 Å². The number of rotatable bonds is 6. The first-order valence-electron chi connectivity index (χ1n) is 10.1. The summed E-state index contributed by atoms with van der Waals surface area (Å²) in [5.74, 6) is 0.877. The van der Waals surface area contributed by atoms with Gasteiger partial charge in [-0.05, 0) is 36.9 Å². The van der Waals surface area contributed by atoms with Gasteiger partial charge in [-0.3, -0.25) is 14.9 Å². The largest absolute Gasteiger partial charge is 0.497 e. The van der Waals surface area contributed by atoms with E-state index < -0.39 is 4.92 Å². The number of carbonyl (C=O) groups excluding carboxylic acids is 1. The van der Waals surface area contributed by atoms with Crippen LogP contribution in [0.25, 0.3) is 11.0 Å². The molecular weight excluding hydrogens is 398 g/mol. The van der Waals surface area contributed by atoms with Gasteiger partial charge in [0.05, 0.1) is 23.1 Å². The molecule has 1 aliphatic heterocycles. The molecule has 0 spiro atoms. The summed E-state index contributed by atoms with van der Waals surface area (Å²) in [6.07, 6.45) is 0. The molecule has 2 heterocycles. The van der Waals surface area contributed by atoms with E-state index in [1.807, 2.05) is 0 Å². The maximum atomic E-state index is 13.4. The van der Waals surface area contributed by atoms with Gasteiger partial charge >= 0.3 is 0 Å². The van der Waals surface area contributed by atoms with Gasteiger partial charge in [-0.25, -0.2) is 9.97 Å².